The highest BCUT2D eigenvalue weighted by Gasteiger charge is 2.38. The number of aryl methyl sites for hydroxylation is 2. The molecule has 0 aliphatic heterocycles. The van der Waals surface area contributed by atoms with Crippen molar-refractivity contribution in [3.8, 4) is 0 Å². The Morgan fingerprint density at radius 2 is 1.89 bits per heavy atom. The maximum Gasteiger partial charge on any atom is 0.320 e. The Kier molecular flexibility index (Phi) is 4.95. The third-order valence-corrected chi connectivity index (χ3v) is 4.57. The molecule has 3 rings (SSSR count). The number of hydrogen-bond donors (Lipinski definition) is 2. The lowest BCUT2D eigenvalue weighted by Gasteiger charge is -2.22. The van der Waals surface area contributed by atoms with E-state index in [2.05, 4.69) is 15.7 Å². The highest BCUT2D eigenvalue weighted by Crippen LogP contribution is 2.41. The maximum atomic E-state index is 12.6. The zero-order chi connectivity index (χ0) is 19.8. The average Bonchev–Trinajstić information content (AvgIpc) is 3.06. The van der Waals surface area contributed by atoms with Crippen LogP contribution in [-0.4, -0.2) is 27.4 Å². The Hall–Kier alpha value is -2.83. The monoisotopic (exact) mass is 370 g/mol. The van der Waals surface area contributed by atoms with E-state index >= 15 is 0 Å². The number of carbonyl (C=O) groups is 2. The van der Waals surface area contributed by atoms with Crippen LogP contribution in [0.3, 0.4) is 0 Å². The minimum atomic E-state index is -0.550. The molecular formula is C20H26N4O3. The van der Waals surface area contributed by atoms with Crippen molar-refractivity contribution in [1.82, 2.24) is 15.1 Å². The molecule has 0 saturated carbocycles. The SMILES string of the molecule is Cc1cc(NC(=O)NC2CC(C(=O)OC(C)(C)C)c3ccccc32)nn1C. The van der Waals surface area contributed by atoms with E-state index in [0.717, 1.165) is 16.8 Å². The molecule has 2 unspecified atom stereocenters. The van der Waals surface area contributed by atoms with Gasteiger partial charge in [0.05, 0.1) is 12.0 Å². The van der Waals surface area contributed by atoms with Crippen LogP contribution in [0.1, 0.15) is 56.0 Å². The van der Waals surface area contributed by atoms with Gasteiger partial charge in [0.2, 0.25) is 0 Å². The summed E-state index contributed by atoms with van der Waals surface area (Å²) in [5.74, 6) is -0.162. The summed E-state index contributed by atoms with van der Waals surface area (Å²) in [4.78, 5) is 25.0. The second-order valence-electron chi connectivity index (χ2n) is 7.90. The first-order chi connectivity index (χ1) is 12.6. The summed E-state index contributed by atoms with van der Waals surface area (Å²) in [6.07, 6.45) is 0.475. The summed E-state index contributed by atoms with van der Waals surface area (Å²) in [5, 5.41) is 9.92. The van der Waals surface area contributed by atoms with Gasteiger partial charge in [-0.3, -0.25) is 14.8 Å². The quantitative estimate of drug-likeness (QED) is 0.811. The first-order valence-electron chi connectivity index (χ1n) is 9.04. The molecule has 2 N–H and O–H groups in total. The van der Waals surface area contributed by atoms with Crippen molar-refractivity contribution in [1.29, 1.82) is 0 Å². The molecule has 1 aromatic heterocycles. The number of fused-ring (bicyclic) bond motifs is 1. The molecule has 1 aromatic carbocycles. The number of nitrogens with one attached hydrogen (secondary N) is 2. The molecule has 0 radical (unpaired) electrons. The van der Waals surface area contributed by atoms with Crippen LogP contribution in [0.5, 0.6) is 0 Å². The summed E-state index contributed by atoms with van der Waals surface area (Å²) in [5.41, 5.74) is 2.25. The van der Waals surface area contributed by atoms with Gasteiger partial charge in [-0.05, 0) is 45.2 Å². The van der Waals surface area contributed by atoms with Gasteiger partial charge in [0.1, 0.15) is 5.60 Å². The standard InChI is InChI=1S/C20H26N4O3/c1-12-10-17(23-24(12)5)22-19(26)21-16-11-15(18(25)27-20(2,3)4)13-8-6-7-9-14(13)16/h6-10,15-16H,11H2,1-5H3,(H2,21,22,23,26). The minimum Gasteiger partial charge on any atom is -0.459 e. The summed E-state index contributed by atoms with van der Waals surface area (Å²) in [7, 11) is 1.82. The van der Waals surface area contributed by atoms with Gasteiger partial charge in [-0.2, -0.15) is 5.10 Å². The van der Waals surface area contributed by atoms with Crippen molar-refractivity contribution in [3.05, 3.63) is 47.2 Å². The molecule has 27 heavy (non-hydrogen) atoms. The Morgan fingerprint density at radius 3 is 2.48 bits per heavy atom. The van der Waals surface area contributed by atoms with Gasteiger partial charge in [-0.1, -0.05) is 24.3 Å². The van der Waals surface area contributed by atoms with Crippen molar-refractivity contribution in [2.45, 2.75) is 51.7 Å². The zero-order valence-corrected chi connectivity index (χ0v) is 16.4. The van der Waals surface area contributed by atoms with Crippen LogP contribution in [-0.2, 0) is 16.6 Å². The number of benzene rings is 1. The van der Waals surface area contributed by atoms with Gasteiger partial charge < -0.3 is 10.1 Å². The zero-order valence-electron chi connectivity index (χ0n) is 16.4. The summed E-state index contributed by atoms with van der Waals surface area (Å²) < 4.78 is 7.26. The van der Waals surface area contributed by atoms with Gasteiger partial charge >= 0.3 is 12.0 Å². The predicted octanol–water partition coefficient (Wildman–Crippen LogP) is 3.42. The fourth-order valence-corrected chi connectivity index (χ4v) is 3.30. The van der Waals surface area contributed by atoms with E-state index in [0.29, 0.717) is 12.2 Å². The Morgan fingerprint density at radius 1 is 1.22 bits per heavy atom. The Balaban J connectivity index is 1.73. The van der Waals surface area contributed by atoms with Gasteiger partial charge in [0, 0.05) is 18.8 Å². The third kappa shape index (κ3) is 4.30. The van der Waals surface area contributed by atoms with E-state index in [1.807, 2.05) is 59.0 Å². The molecule has 0 saturated heterocycles. The number of rotatable bonds is 3. The van der Waals surface area contributed by atoms with Crippen molar-refractivity contribution >= 4 is 17.8 Å². The van der Waals surface area contributed by atoms with E-state index in [9.17, 15) is 9.59 Å². The van der Waals surface area contributed by atoms with E-state index in [1.54, 1.807) is 10.7 Å². The molecule has 2 aromatic rings. The lowest BCUT2D eigenvalue weighted by Crippen LogP contribution is -2.32. The maximum absolute atomic E-state index is 12.6. The molecule has 1 heterocycles. The molecule has 0 bridgehead atoms. The number of esters is 1. The molecule has 144 valence electrons. The number of aromatic nitrogens is 2. The number of carbonyl (C=O) groups excluding carboxylic acids is 2. The van der Waals surface area contributed by atoms with Crippen molar-refractivity contribution in [2.24, 2.45) is 7.05 Å². The topological polar surface area (TPSA) is 85.2 Å². The largest absolute Gasteiger partial charge is 0.459 e. The highest BCUT2D eigenvalue weighted by atomic mass is 16.6. The van der Waals surface area contributed by atoms with Gasteiger partial charge in [-0.15, -0.1) is 0 Å². The lowest BCUT2D eigenvalue weighted by atomic mass is 10.0. The highest BCUT2D eigenvalue weighted by molar-refractivity contribution is 5.89. The number of nitrogens with zero attached hydrogens (tertiary/aromatic N) is 2. The molecule has 1 aliphatic carbocycles. The van der Waals surface area contributed by atoms with Crippen LogP contribution in [0, 0.1) is 6.92 Å². The normalized spacial score (nSPS) is 18.7. The van der Waals surface area contributed by atoms with Crippen molar-refractivity contribution in [3.63, 3.8) is 0 Å². The molecule has 0 fully saturated rings. The third-order valence-electron chi connectivity index (χ3n) is 4.57. The van der Waals surface area contributed by atoms with E-state index in [-0.39, 0.29) is 24.0 Å². The Bertz CT molecular complexity index is 847. The van der Waals surface area contributed by atoms with Gasteiger partial charge in [-0.25, -0.2) is 4.79 Å². The number of ether oxygens (including phenoxy) is 1. The minimum absolute atomic E-state index is 0.261. The lowest BCUT2D eigenvalue weighted by molar-refractivity contribution is -0.156. The van der Waals surface area contributed by atoms with E-state index < -0.39 is 5.60 Å². The van der Waals surface area contributed by atoms with Crippen LogP contribution in [0.15, 0.2) is 30.3 Å². The van der Waals surface area contributed by atoms with Crippen LogP contribution in [0.25, 0.3) is 0 Å². The number of amides is 2. The molecule has 7 nitrogen and oxygen atoms in total. The molecule has 7 heteroatoms. The van der Waals surface area contributed by atoms with Crippen LogP contribution < -0.4 is 10.6 Å². The summed E-state index contributed by atoms with van der Waals surface area (Å²) in [6, 6.07) is 8.86. The van der Waals surface area contributed by atoms with Gasteiger partial charge in [0.25, 0.3) is 0 Å². The second kappa shape index (κ2) is 7.06. The van der Waals surface area contributed by atoms with E-state index in [4.69, 9.17) is 4.74 Å². The first kappa shape index (κ1) is 18.9. The van der Waals surface area contributed by atoms with Crippen LogP contribution in [0.4, 0.5) is 10.6 Å². The smallest absolute Gasteiger partial charge is 0.320 e. The second-order valence-corrected chi connectivity index (χ2v) is 7.90. The van der Waals surface area contributed by atoms with Crippen molar-refractivity contribution in [2.75, 3.05) is 5.32 Å². The van der Waals surface area contributed by atoms with E-state index in [1.165, 1.54) is 0 Å². The molecule has 0 spiro atoms. The van der Waals surface area contributed by atoms with Gasteiger partial charge in [0.15, 0.2) is 5.82 Å². The fraction of sp³-hybridized carbons (Fsp3) is 0.450. The molecule has 2 atom stereocenters. The van der Waals surface area contributed by atoms with Crippen LogP contribution >= 0.6 is 0 Å². The summed E-state index contributed by atoms with van der Waals surface area (Å²) in [6.45, 7) is 7.46. The molecule has 2 amide bonds. The molecular weight excluding hydrogens is 344 g/mol. The number of anilines is 1. The average molecular weight is 370 g/mol. The first-order valence-corrected chi connectivity index (χ1v) is 9.04. The molecule has 1 aliphatic rings. The fourth-order valence-electron chi connectivity index (χ4n) is 3.30. The summed E-state index contributed by atoms with van der Waals surface area (Å²) >= 11 is 0. The predicted molar refractivity (Wildman–Crippen MR) is 102 cm³/mol. The van der Waals surface area contributed by atoms with Crippen LogP contribution in [0.2, 0.25) is 0 Å². The number of hydrogen-bond acceptors (Lipinski definition) is 4. The Labute approximate surface area is 159 Å². The number of urea groups is 1. The van der Waals surface area contributed by atoms with Crippen molar-refractivity contribution < 1.29 is 14.3 Å².